The van der Waals surface area contributed by atoms with Gasteiger partial charge in [-0.15, -0.1) is 13.2 Å². The van der Waals surface area contributed by atoms with E-state index in [4.69, 9.17) is 11.0 Å². The van der Waals surface area contributed by atoms with Gasteiger partial charge in [-0.2, -0.15) is 5.26 Å². The van der Waals surface area contributed by atoms with Crippen molar-refractivity contribution in [2.75, 3.05) is 7.11 Å². The zero-order chi connectivity index (χ0) is 14.6. The number of benzene rings is 1. The Hall–Kier alpha value is -2.27. The van der Waals surface area contributed by atoms with Crippen molar-refractivity contribution in [1.29, 1.82) is 5.26 Å². The number of hydrogen-bond acceptors (Lipinski definition) is 5. The highest BCUT2D eigenvalue weighted by Crippen LogP contribution is 2.28. The zero-order valence-corrected chi connectivity index (χ0v) is 9.75. The molecule has 1 rings (SSSR count). The van der Waals surface area contributed by atoms with Crippen molar-refractivity contribution in [3.05, 3.63) is 28.8 Å². The van der Waals surface area contributed by atoms with Crippen molar-refractivity contribution in [3.63, 3.8) is 0 Å². The number of nitrogens with zero attached hydrogens (tertiary/aromatic N) is 1. The predicted molar refractivity (Wildman–Crippen MR) is 57.1 cm³/mol. The molecule has 0 saturated carbocycles. The summed E-state index contributed by atoms with van der Waals surface area (Å²) in [6, 6.07) is 3.36. The van der Waals surface area contributed by atoms with Crippen molar-refractivity contribution < 1.29 is 27.4 Å². The van der Waals surface area contributed by atoms with E-state index in [1.807, 2.05) is 0 Å². The Kier molecular flexibility index (Phi) is 4.34. The first-order valence-electron chi connectivity index (χ1n) is 4.93. The van der Waals surface area contributed by atoms with Gasteiger partial charge in [-0.1, -0.05) is 0 Å². The van der Waals surface area contributed by atoms with Crippen LogP contribution in [0.5, 0.6) is 5.75 Å². The molecule has 5 nitrogen and oxygen atoms in total. The highest BCUT2D eigenvalue weighted by Gasteiger charge is 2.32. The SMILES string of the molecule is COC(=O)c1c(C#N)cc(OC(F)(F)F)cc1CN. The van der Waals surface area contributed by atoms with Gasteiger partial charge in [0.25, 0.3) is 0 Å². The number of carbonyl (C=O) groups is 1. The first-order chi connectivity index (χ1) is 8.82. The second-order valence-corrected chi connectivity index (χ2v) is 3.36. The number of rotatable bonds is 3. The lowest BCUT2D eigenvalue weighted by molar-refractivity contribution is -0.274. The topological polar surface area (TPSA) is 85.3 Å². The van der Waals surface area contributed by atoms with Crippen molar-refractivity contribution >= 4 is 5.97 Å². The molecule has 2 N–H and O–H groups in total. The molecule has 0 spiro atoms. The lowest BCUT2D eigenvalue weighted by Crippen LogP contribution is -2.18. The van der Waals surface area contributed by atoms with E-state index in [0.29, 0.717) is 0 Å². The van der Waals surface area contributed by atoms with E-state index >= 15 is 0 Å². The third-order valence-electron chi connectivity index (χ3n) is 2.16. The van der Waals surface area contributed by atoms with Gasteiger partial charge in [0, 0.05) is 6.54 Å². The van der Waals surface area contributed by atoms with E-state index in [1.54, 1.807) is 6.07 Å². The molecule has 0 fully saturated rings. The summed E-state index contributed by atoms with van der Waals surface area (Å²) < 4.78 is 44.5. The van der Waals surface area contributed by atoms with Gasteiger partial charge >= 0.3 is 12.3 Å². The van der Waals surface area contributed by atoms with Gasteiger partial charge < -0.3 is 15.2 Å². The monoisotopic (exact) mass is 274 g/mol. The van der Waals surface area contributed by atoms with Crippen molar-refractivity contribution in [1.82, 2.24) is 0 Å². The Bertz CT molecular complexity index is 535. The summed E-state index contributed by atoms with van der Waals surface area (Å²) in [7, 11) is 1.09. The normalized spacial score (nSPS) is 10.7. The van der Waals surface area contributed by atoms with Crippen LogP contribution in [-0.2, 0) is 11.3 Å². The highest BCUT2D eigenvalue weighted by molar-refractivity contribution is 5.94. The molecule has 102 valence electrons. The summed E-state index contributed by atoms with van der Waals surface area (Å²) in [6.45, 7) is -0.242. The third-order valence-corrected chi connectivity index (χ3v) is 2.16. The van der Waals surface area contributed by atoms with Crippen LogP contribution in [0.3, 0.4) is 0 Å². The van der Waals surface area contributed by atoms with Gasteiger partial charge in [-0.3, -0.25) is 0 Å². The molecule has 0 radical (unpaired) electrons. The van der Waals surface area contributed by atoms with Crippen LogP contribution in [0.2, 0.25) is 0 Å². The predicted octanol–water partition coefficient (Wildman–Crippen LogP) is 1.70. The fourth-order valence-electron chi connectivity index (χ4n) is 1.46. The Labute approximate surface area is 106 Å². The van der Waals surface area contributed by atoms with Crippen molar-refractivity contribution in [3.8, 4) is 11.8 Å². The fourth-order valence-corrected chi connectivity index (χ4v) is 1.46. The molecule has 0 saturated heterocycles. The number of carbonyl (C=O) groups excluding carboxylic acids is 1. The molecule has 19 heavy (non-hydrogen) atoms. The Balaban J connectivity index is 3.37. The summed E-state index contributed by atoms with van der Waals surface area (Å²) in [5.74, 6) is -1.47. The molecule has 8 heteroatoms. The summed E-state index contributed by atoms with van der Waals surface area (Å²) in [6.07, 6.45) is -4.90. The minimum atomic E-state index is -4.90. The summed E-state index contributed by atoms with van der Waals surface area (Å²) in [5.41, 5.74) is 4.92. The van der Waals surface area contributed by atoms with Crippen molar-refractivity contribution in [2.45, 2.75) is 12.9 Å². The van der Waals surface area contributed by atoms with Crippen LogP contribution in [0.15, 0.2) is 12.1 Å². The largest absolute Gasteiger partial charge is 0.573 e. The standard InChI is InChI=1S/C11H9F3N2O3/c1-18-10(17)9-6(4-15)2-8(3-7(9)5-16)19-11(12,13)14/h2-3H,4,15H2,1H3. The number of nitrogens with two attached hydrogens (primary N) is 1. The maximum absolute atomic E-state index is 12.1. The molecule has 0 aromatic heterocycles. The fraction of sp³-hybridized carbons (Fsp3) is 0.273. The minimum Gasteiger partial charge on any atom is -0.465 e. The van der Waals surface area contributed by atoms with Gasteiger partial charge in [-0.05, 0) is 17.7 Å². The number of esters is 1. The Morgan fingerprint density at radius 1 is 1.47 bits per heavy atom. The first-order valence-corrected chi connectivity index (χ1v) is 4.93. The van der Waals surface area contributed by atoms with Gasteiger partial charge in [0.15, 0.2) is 0 Å². The van der Waals surface area contributed by atoms with Crippen LogP contribution in [0, 0.1) is 11.3 Å². The average Bonchev–Trinajstić information content (AvgIpc) is 2.34. The van der Waals surface area contributed by atoms with E-state index in [9.17, 15) is 18.0 Å². The number of methoxy groups -OCH3 is 1. The molecule has 0 aliphatic carbocycles. The van der Waals surface area contributed by atoms with E-state index in [-0.39, 0.29) is 23.2 Å². The molecular formula is C11H9F3N2O3. The second kappa shape index (κ2) is 5.58. The molecule has 1 aromatic carbocycles. The highest BCUT2D eigenvalue weighted by atomic mass is 19.4. The lowest BCUT2D eigenvalue weighted by Gasteiger charge is -2.13. The Morgan fingerprint density at radius 3 is 2.53 bits per heavy atom. The maximum atomic E-state index is 12.1. The van der Waals surface area contributed by atoms with Crippen LogP contribution in [0.25, 0.3) is 0 Å². The number of nitriles is 1. The van der Waals surface area contributed by atoms with E-state index in [2.05, 4.69) is 9.47 Å². The van der Waals surface area contributed by atoms with Crippen LogP contribution >= 0.6 is 0 Å². The third kappa shape index (κ3) is 3.59. The van der Waals surface area contributed by atoms with Gasteiger partial charge in [0.2, 0.25) is 0 Å². The molecule has 0 atom stereocenters. The summed E-state index contributed by atoms with van der Waals surface area (Å²) >= 11 is 0. The maximum Gasteiger partial charge on any atom is 0.573 e. The molecule has 1 aromatic rings. The van der Waals surface area contributed by atoms with Gasteiger partial charge in [-0.25, -0.2) is 4.79 Å². The molecule has 0 bridgehead atoms. The van der Waals surface area contributed by atoms with Crippen LogP contribution < -0.4 is 10.5 Å². The Morgan fingerprint density at radius 2 is 2.11 bits per heavy atom. The minimum absolute atomic E-state index is 0.0325. The average molecular weight is 274 g/mol. The van der Waals surface area contributed by atoms with Crippen LogP contribution in [-0.4, -0.2) is 19.4 Å². The summed E-state index contributed by atoms with van der Waals surface area (Å²) in [5, 5.41) is 8.87. The first kappa shape index (κ1) is 14.8. The smallest absolute Gasteiger partial charge is 0.465 e. The number of ether oxygens (including phenoxy) is 2. The lowest BCUT2D eigenvalue weighted by atomic mass is 10.0. The second-order valence-electron chi connectivity index (χ2n) is 3.36. The van der Waals surface area contributed by atoms with Crippen LogP contribution in [0.1, 0.15) is 21.5 Å². The number of alkyl halides is 3. The molecular weight excluding hydrogens is 265 g/mol. The molecule has 0 aliphatic rings. The van der Waals surface area contributed by atoms with Crippen LogP contribution in [0.4, 0.5) is 13.2 Å². The van der Waals surface area contributed by atoms with Gasteiger partial charge in [0.05, 0.1) is 18.2 Å². The van der Waals surface area contributed by atoms with E-state index in [0.717, 1.165) is 19.2 Å². The molecule has 0 unspecified atom stereocenters. The zero-order valence-electron chi connectivity index (χ0n) is 9.75. The van der Waals surface area contributed by atoms with Gasteiger partial charge in [0.1, 0.15) is 11.8 Å². The summed E-state index contributed by atoms with van der Waals surface area (Å²) in [4.78, 5) is 11.5. The number of hydrogen-bond donors (Lipinski definition) is 1. The van der Waals surface area contributed by atoms with E-state index < -0.39 is 18.1 Å². The van der Waals surface area contributed by atoms with Crippen molar-refractivity contribution in [2.24, 2.45) is 5.73 Å². The quantitative estimate of drug-likeness (QED) is 0.848. The molecule has 0 aliphatic heterocycles. The van der Waals surface area contributed by atoms with E-state index in [1.165, 1.54) is 0 Å². The molecule has 0 amide bonds. The number of halogens is 3. The molecule has 0 heterocycles.